The van der Waals surface area contributed by atoms with Crippen LogP contribution in [-0.4, -0.2) is 37.9 Å². The van der Waals surface area contributed by atoms with E-state index in [0.717, 1.165) is 0 Å². The van der Waals surface area contributed by atoms with Crippen LogP contribution in [0.1, 0.15) is 34.1 Å². The number of rotatable bonds is 5. The molecule has 114 valence electrons. The van der Waals surface area contributed by atoms with Gasteiger partial charge in [0.1, 0.15) is 5.76 Å². The molecule has 1 rings (SSSR count). The second-order valence-corrected chi connectivity index (χ2v) is 4.92. The summed E-state index contributed by atoms with van der Waals surface area (Å²) in [5.41, 5.74) is 0.369. The van der Waals surface area contributed by atoms with Gasteiger partial charge in [0, 0.05) is 25.9 Å². The van der Waals surface area contributed by atoms with Crippen LogP contribution >= 0.6 is 0 Å². The highest BCUT2D eigenvalue weighted by Crippen LogP contribution is 2.30. The molecule has 1 N–H and O–H groups in total. The summed E-state index contributed by atoms with van der Waals surface area (Å²) < 4.78 is 16.0. The first-order valence-corrected chi connectivity index (χ1v) is 6.78. The first-order valence-electron chi connectivity index (χ1n) is 6.78. The van der Waals surface area contributed by atoms with Crippen LogP contribution in [0.3, 0.4) is 0 Å². The van der Waals surface area contributed by atoms with Crippen LogP contribution in [0.4, 0.5) is 0 Å². The molecule has 0 fully saturated rings. The lowest BCUT2D eigenvalue weighted by Crippen LogP contribution is -2.45. The van der Waals surface area contributed by atoms with E-state index in [4.69, 9.17) is 14.2 Å². The monoisotopic (exact) mass is 285 g/mol. The molecule has 1 aliphatic heterocycles. The number of ether oxygens (including phenoxy) is 3. The molecule has 1 amide bonds. The van der Waals surface area contributed by atoms with Gasteiger partial charge in [-0.3, -0.25) is 4.79 Å². The summed E-state index contributed by atoms with van der Waals surface area (Å²) in [5, 5.41) is 2.76. The number of amides is 1. The van der Waals surface area contributed by atoms with Gasteiger partial charge in [0.2, 0.25) is 12.2 Å². The van der Waals surface area contributed by atoms with Crippen LogP contribution in [0.25, 0.3) is 0 Å². The molecular formula is C14H23NO5. The third-order valence-electron chi connectivity index (χ3n) is 2.96. The topological polar surface area (TPSA) is 73.9 Å². The summed E-state index contributed by atoms with van der Waals surface area (Å²) >= 11 is 0. The fourth-order valence-corrected chi connectivity index (χ4v) is 2.20. The van der Waals surface area contributed by atoms with Crippen LogP contribution in [0, 0.1) is 5.92 Å². The molecule has 0 bridgehead atoms. The Labute approximate surface area is 119 Å². The van der Waals surface area contributed by atoms with Crippen LogP contribution in [-0.2, 0) is 23.8 Å². The molecule has 0 aromatic heterocycles. The number of hydrogen-bond acceptors (Lipinski definition) is 5. The second kappa shape index (κ2) is 7.28. The van der Waals surface area contributed by atoms with Crippen LogP contribution in [0.2, 0.25) is 0 Å². The molecule has 0 aliphatic carbocycles. The van der Waals surface area contributed by atoms with E-state index in [-0.39, 0.29) is 11.8 Å². The molecule has 6 nitrogen and oxygen atoms in total. The molecule has 0 aromatic rings. The smallest absolute Gasteiger partial charge is 0.339 e. The highest BCUT2D eigenvalue weighted by atomic mass is 16.7. The van der Waals surface area contributed by atoms with Crippen LogP contribution in [0.15, 0.2) is 11.3 Å². The van der Waals surface area contributed by atoms with Crippen LogP contribution in [0.5, 0.6) is 0 Å². The lowest BCUT2D eigenvalue weighted by atomic mass is 9.94. The summed E-state index contributed by atoms with van der Waals surface area (Å²) in [4.78, 5) is 23.3. The first-order chi connectivity index (χ1) is 9.40. The summed E-state index contributed by atoms with van der Waals surface area (Å²) in [6.07, 6.45) is -0.0868. The van der Waals surface area contributed by atoms with Gasteiger partial charge < -0.3 is 19.5 Å². The number of carbonyl (C=O) groups is 2. The van der Waals surface area contributed by atoms with Gasteiger partial charge in [-0.25, -0.2) is 4.79 Å². The van der Waals surface area contributed by atoms with E-state index < -0.39 is 18.3 Å². The number of hydrogen-bond donors (Lipinski definition) is 1. The summed E-state index contributed by atoms with van der Waals surface area (Å²) in [5.74, 6) is -0.192. The van der Waals surface area contributed by atoms with Crippen molar-refractivity contribution >= 4 is 11.9 Å². The zero-order valence-electron chi connectivity index (χ0n) is 12.7. The molecule has 0 spiro atoms. The van der Waals surface area contributed by atoms with Crippen molar-refractivity contribution < 1.29 is 23.8 Å². The molecule has 2 atom stereocenters. The van der Waals surface area contributed by atoms with Gasteiger partial charge >= 0.3 is 5.97 Å². The number of allylic oxidation sites excluding steroid dienone is 1. The molecule has 0 saturated heterocycles. The van der Waals surface area contributed by atoms with Crippen molar-refractivity contribution in [1.82, 2.24) is 5.32 Å². The number of esters is 1. The maximum Gasteiger partial charge on any atom is 0.339 e. The van der Waals surface area contributed by atoms with Gasteiger partial charge in [-0.05, 0) is 6.92 Å². The summed E-state index contributed by atoms with van der Waals surface area (Å²) in [6, 6.07) is -0.456. The van der Waals surface area contributed by atoms with Gasteiger partial charge in [0.15, 0.2) is 0 Å². The minimum Gasteiger partial charge on any atom is -0.468 e. The van der Waals surface area contributed by atoms with E-state index in [1.54, 1.807) is 0 Å². The van der Waals surface area contributed by atoms with E-state index >= 15 is 0 Å². The molecule has 1 heterocycles. The third-order valence-corrected chi connectivity index (χ3v) is 2.96. The average molecular weight is 285 g/mol. The zero-order chi connectivity index (χ0) is 15.3. The molecule has 0 unspecified atom stereocenters. The Balaban J connectivity index is 3.16. The van der Waals surface area contributed by atoms with Gasteiger partial charge in [0.05, 0.1) is 18.7 Å². The lowest BCUT2D eigenvalue weighted by Gasteiger charge is -2.34. The average Bonchev–Trinajstić information content (AvgIpc) is 2.37. The molecular weight excluding hydrogens is 262 g/mol. The van der Waals surface area contributed by atoms with Crippen molar-refractivity contribution in [3.05, 3.63) is 11.3 Å². The maximum atomic E-state index is 12.0. The van der Waals surface area contributed by atoms with Gasteiger partial charge in [-0.2, -0.15) is 0 Å². The zero-order valence-corrected chi connectivity index (χ0v) is 12.7. The van der Waals surface area contributed by atoms with E-state index in [1.807, 2.05) is 20.8 Å². The van der Waals surface area contributed by atoms with Crippen molar-refractivity contribution in [1.29, 1.82) is 0 Å². The Morgan fingerprint density at radius 1 is 1.45 bits per heavy atom. The Kier molecular flexibility index (Phi) is 6.01. The lowest BCUT2D eigenvalue weighted by molar-refractivity contribution is -0.147. The van der Waals surface area contributed by atoms with E-state index in [1.165, 1.54) is 14.0 Å². The molecule has 0 radical (unpaired) electrons. The summed E-state index contributed by atoms with van der Waals surface area (Å²) in [6.45, 7) is 7.60. The fourth-order valence-electron chi connectivity index (χ4n) is 2.20. The fraction of sp³-hybridized carbons (Fsp3) is 0.714. The van der Waals surface area contributed by atoms with Crippen LogP contribution < -0.4 is 5.32 Å². The highest BCUT2D eigenvalue weighted by molar-refractivity contribution is 5.91. The van der Waals surface area contributed by atoms with Crippen molar-refractivity contribution in [2.75, 3.05) is 13.7 Å². The minimum atomic E-state index is -0.484. The predicted molar refractivity (Wildman–Crippen MR) is 72.6 cm³/mol. The van der Waals surface area contributed by atoms with Crippen molar-refractivity contribution in [3.8, 4) is 0 Å². The largest absolute Gasteiger partial charge is 0.468 e. The quantitative estimate of drug-likeness (QED) is 0.772. The Bertz CT molecular complexity index is 402. The standard InChI is InChI=1S/C14H23NO5/c1-6-19-11-7-10(15-9(4)16)12(14(17)18-5)13(20-11)8(2)3/h8,10-11H,6-7H2,1-5H3,(H,15,16)/t10-,11+/m0/s1. The number of carbonyl (C=O) groups excluding carboxylic acids is 2. The molecule has 20 heavy (non-hydrogen) atoms. The third kappa shape index (κ3) is 3.96. The Morgan fingerprint density at radius 3 is 2.55 bits per heavy atom. The van der Waals surface area contributed by atoms with E-state index in [0.29, 0.717) is 24.4 Å². The molecule has 0 saturated carbocycles. The maximum absolute atomic E-state index is 12.0. The van der Waals surface area contributed by atoms with Crippen molar-refractivity contribution in [2.45, 2.75) is 46.4 Å². The second-order valence-electron chi connectivity index (χ2n) is 4.92. The Hall–Kier alpha value is -1.56. The molecule has 0 aromatic carbocycles. The first kappa shape index (κ1) is 16.5. The number of methoxy groups -OCH3 is 1. The SMILES string of the molecule is CCO[C@H]1C[C@H](NC(C)=O)C(C(=O)OC)=C(C(C)C)O1. The van der Waals surface area contributed by atoms with Gasteiger partial charge in [0.25, 0.3) is 0 Å². The van der Waals surface area contributed by atoms with Crippen molar-refractivity contribution in [3.63, 3.8) is 0 Å². The summed E-state index contributed by atoms with van der Waals surface area (Å²) in [7, 11) is 1.31. The number of nitrogens with one attached hydrogen (secondary N) is 1. The highest BCUT2D eigenvalue weighted by Gasteiger charge is 2.37. The molecule has 1 aliphatic rings. The Morgan fingerprint density at radius 2 is 2.10 bits per heavy atom. The van der Waals surface area contributed by atoms with Gasteiger partial charge in [-0.15, -0.1) is 0 Å². The van der Waals surface area contributed by atoms with Crippen molar-refractivity contribution in [2.24, 2.45) is 5.92 Å². The molecule has 6 heteroatoms. The normalized spacial score (nSPS) is 22.5. The van der Waals surface area contributed by atoms with E-state index in [2.05, 4.69) is 5.32 Å². The minimum absolute atomic E-state index is 0.0105. The van der Waals surface area contributed by atoms with E-state index in [9.17, 15) is 9.59 Å². The predicted octanol–water partition coefficient (Wildman–Crippen LogP) is 1.36. The van der Waals surface area contributed by atoms with Gasteiger partial charge in [-0.1, -0.05) is 13.8 Å².